The lowest BCUT2D eigenvalue weighted by atomic mass is 10.3. The molecule has 2 aromatic rings. The number of carbonyl (C=O) groups is 1. The van der Waals surface area contributed by atoms with E-state index in [0.29, 0.717) is 5.16 Å². The highest BCUT2D eigenvalue weighted by molar-refractivity contribution is 7.99. The number of anilines is 2. The fourth-order valence-electron chi connectivity index (χ4n) is 1.31. The Morgan fingerprint density at radius 1 is 1.26 bits per heavy atom. The van der Waals surface area contributed by atoms with Crippen molar-refractivity contribution >= 4 is 40.9 Å². The Hall–Kier alpha value is -1.86. The van der Waals surface area contributed by atoms with E-state index in [1.807, 2.05) is 12.1 Å². The van der Waals surface area contributed by atoms with Crippen LogP contribution in [0.2, 0.25) is 5.28 Å². The van der Waals surface area contributed by atoms with Crippen molar-refractivity contribution in [3.63, 3.8) is 0 Å². The third-order valence-corrected chi connectivity index (χ3v) is 3.03. The maximum Gasteiger partial charge on any atom is 0.228 e. The van der Waals surface area contributed by atoms with E-state index in [0.717, 1.165) is 10.6 Å². The highest BCUT2D eigenvalue weighted by Gasteiger charge is 2.05. The topological polar surface area (TPSA) is 93.8 Å². The SMILES string of the molecule is CC(=O)Nc1ccc(Sc2nc(N)nc(Cl)n2)cc1. The van der Waals surface area contributed by atoms with Gasteiger partial charge < -0.3 is 11.1 Å². The number of hydrogen-bond donors (Lipinski definition) is 2. The molecule has 1 heterocycles. The van der Waals surface area contributed by atoms with Gasteiger partial charge in [-0.15, -0.1) is 0 Å². The zero-order valence-electron chi connectivity index (χ0n) is 9.92. The summed E-state index contributed by atoms with van der Waals surface area (Å²) in [6.07, 6.45) is 0. The van der Waals surface area contributed by atoms with Crippen LogP contribution in [-0.2, 0) is 4.79 Å². The Morgan fingerprint density at radius 2 is 1.95 bits per heavy atom. The average Bonchev–Trinajstić information content (AvgIpc) is 2.29. The number of hydrogen-bond acceptors (Lipinski definition) is 6. The number of amides is 1. The van der Waals surface area contributed by atoms with Crippen LogP contribution in [0.25, 0.3) is 0 Å². The molecule has 3 N–H and O–H groups in total. The molecule has 1 aromatic carbocycles. The van der Waals surface area contributed by atoms with Gasteiger partial charge in [0.1, 0.15) is 0 Å². The summed E-state index contributed by atoms with van der Waals surface area (Å²) >= 11 is 7.00. The van der Waals surface area contributed by atoms with E-state index >= 15 is 0 Å². The highest BCUT2D eigenvalue weighted by atomic mass is 35.5. The lowest BCUT2D eigenvalue weighted by Gasteiger charge is -2.04. The second kappa shape index (κ2) is 5.85. The van der Waals surface area contributed by atoms with E-state index in [-0.39, 0.29) is 17.1 Å². The van der Waals surface area contributed by atoms with Gasteiger partial charge in [0.15, 0.2) is 5.16 Å². The molecule has 0 saturated heterocycles. The Morgan fingerprint density at radius 3 is 2.53 bits per heavy atom. The van der Waals surface area contributed by atoms with Crippen molar-refractivity contribution in [1.29, 1.82) is 0 Å². The molecule has 19 heavy (non-hydrogen) atoms. The first kappa shape index (κ1) is 13.6. The van der Waals surface area contributed by atoms with Crippen LogP contribution in [0.3, 0.4) is 0 Å². The fraction of sp³-hybridized carbons (Fsp3) is 0.0909. The predicted molar refractivity (Wildman–Crippen MR) is 74.1 cm³/mol. The van der Waals surface area contributed by atoms with Crippen molar-refractivity contribution in [2.24, 2.45) is 0 Å². The lowest BCUT2D eigenvalue weighted by molar-refractivity contribution is -0.114. The Labute approximate surface area is 118 Å². The largest absolute Gasteiger partial charge is 0.368 e. The molecule has 2 rings (SSSR count). The smallest absolute Gasteiger partial charge is 0.228 e. The third kappa shape index (κ3) is 4.08. The quantitative estimate of drug-likeness (QED) is 0.901. The number of nitrogen functional groups attached to an aromatic ring is 1. The van der Waals surface area contributed by atoms with Gasteiger partial charge >= 0.3 is 0 Å². The second-order valence-electron chi connectivity index (χ2n) is 3.55. The normalized spacial score (nSPS) is 10.2. The molecule has 0 radical (unpaired) electrons. The summed E-state index contributed by atoms with van der Waals surface area (Å²) in [6.45, 7) is 1.46. The molecule has 0 aliphatic heterocycles. The monoisotopic (exact) mass is 295 g/mol. The second-order valence-corrected chi connectivity index (χ2v) is 4.93. The first-order valence-corrected chi connectivity index (χ1v) is 6.45. The number of nitrogens with one attached hydrogen (secondary N) is 1. The standard InChI is InChI=1S/C11H10ClN5OS/c1-6(18)14-7-2-4-8(5-3-7)19-11-16-9(12)15-10(13)17-11/h2-5H,1H3,(H,14,18)(H2,13,15,16,17). The number of rotatable bonds is 3. The van der Waals surface area contributed by atoms with E-state index in [2.05, 4.69) is 20.3 Å². The van der Waals surface area contributed by atoms with Gasteiger partial charge in [0, 0.05) is 17.5 Å². The first-order chi connectivity index (χ1) is 9.02. The number of carbonyl (C=O) groups excluding carboxylic acids is 1. The summed E-state index contributed by atoms with van der Waals surface area (Å²) in [4.78, 5) is 23.4. The lowest BCUT2D eigenvalue weighted by Crippen LogP contribution is -2.05. The number of nitrogens with two attached hydrogens (primary N) is 1. The van der Waals surface area contributed by atoms with Crippen LogP contribution in [0.15, 0.2) is 34.3 Å². The van der Waals surface area contributed by atoms with E-state index in [9.17, 15) is 4.79 Å². The Kier molecular flexibility index (Phi) is 4.18. The van der Waals surface area contributed by atoms with Crippen LogP contribution in [0.5, 0.6) is 0 Å². The molecule has 1 aromatic heterocycles. The van der Waals surface area contributed by atoms with Crippen molar-refractivity contribution in [1.82, 2.24) is 15.0 Å². The number of aromatic nitrogens is 3. The summed E-state index contributed by atoms with van der Waals surface area (Å²) in [6, 6.07) is 7.25. The summed E-state index contributed by atoms with van der Waals surface area (Å²) in [5.41, 5.74) is 6.21. The molecule has 0 unspecified atom stereocenters. The van der Waals surface area contributed by atoms with E-state index in [4.69, 9.17) is 17.3 Å². The molecule has 0 fully saturated rings. The predicted octanol–water partition coefficient (Wildman–Crippen LogP) is 2.22. The van der Waals surface area contributed by atoms with Crippen molar-refractivity contribution < 1.29 is 4.79 Å². The van der Waals surface area contributed by atoms with Crippen molar-refractivity contribution in [2.45, 2.75) is 17.0 Å². The van der Waals surface area contributed by atoms with Gasteiger partial charge in [0.25, 0.3) is 0 Å². The van der Waals surface area contributed by atoms with Crippen LogP contribution in [0.1, 0.15) is 6.92 Å². The van der Waals surface area contributed by atoms with Crippen molar-refractivity contribution in [3.05, 3.63) is 29.5 Å². The minimum Gasteiger partial charge on any atom is -0.368 e. The molecule has 0 aliphatic rings. The van der Waals surface area contributed by atoms with Gasteiger partial charge in [-0.1, -0.05) is 0 Å². The molecule has 0 atom stereocenters. The molecule has 98 valence electrons. The molecule has 0 saturated carbocycles. The molecule has 1 amide bonds. The maximum atomic E-state index is 10.9. The van der Waals surface area contributed by atoms with Crippen molar-refractivity contribution in [3.8, 4) is 0 Å². The van der Waals surface area contributed by atoms with Gasteiger partial charge in [-0.05, 0) is 47.6 Å². The summed E-state index contributed by atoms with van der Waals surface area (Å²) < 4.78 is 0. The van der Waals surface area contributed by atoms with Gasteiger partial charge in [0.2, 0.25) is 17.1 Å². The molecular formula is C11H10ClN5OS. The minimum absolute atomic E-state index is 0.0601. The minimum atomic E-state index is -0.113. The number of nitrogens with zero attached hydrogens (tertiary/aromatic N) is 3. The average molecular weight is 296 g/mol. The fourth-order valence-corrected chi connectivity index (χ4v) is 2.28. The molecule has 0 spiro atoms. The summed E-state index contributed by atoms with van der Waals surface area (Å²) in [7, 11) is 0. The zero-order valence-corrected chi connectivity index (χ0v) is 11.5. The molecule has 0 bridgehead atoms. The van der Waals surface area contributed by atoms with E-state index in [1.165, 1.54) is 18.7 Å². The van der Waals surface area contributed by atoms with Gasteiger partial charge in [0.05, 0.1) is 0 Å². The van der Waals surface area contributed by atoms with E-state index < -0.39 is 0 Å². The van der Waals surface area contributed by atoms with Crippen LogP contribution >= 0.6 is 23.4 Å². The molecule has 8 heteroatoms. The molecule has 6 nitrogen and oxygen atoms in total. The van der Waals surface area contributed by atoms with E-state index in [1.54, 1.807) is 12.1 Å². The molecular weight excluding hydrogens is 286 g/mol. The zero-order chi connectivity index (χ0) is 13.8. The number of halogens is 1. The summed E-state index contributed by atoms with van der Waals surface area (Å²) in [5.74, 6) is -0.0326. The first-order valence-electron chi connectivity index (χ1n) is 5.25. The van der Waals surface area contributed by atoms with Crippen LogP contribution in [0, 0.1) is 0 Å². The van der Waals surface area contributed by atoms with Crippen LogP contribution < -0.4 is 11.1 Å². The van der Waals surface area contributed by atoms with Crippen LogP contribution in [0.4, 0.5) is 11.6 Å². The molecule has 0 aliphatic carbocycles. The number of benzene rings is 1. The third-order valence-electron chi connectivity index (χ3n) is 1.99. The van der Waals surface area contributed by atoms with Gasteiger partial charge in [-0.2, -0.15) is 15.0 Å². The highest BCUT2D eigenvalue weighted by Crippen LogP contribution is 2.26. The van der Waals surface area contributed by atoms with Crippen molar-refractivity contribution in [2.75, 3.05) is 11.1 Å². The maximum absolute atomic E-state index is 10.9. The van der Waals surface area contributed by atoms with Gasteiger partial charge in [-0.3, -0.25) is 4.79 Å². The Bertz CT molecular complexity index is 584. The van der Waals surface area contributed by atoms with Gasteiger partial charge in [-0.25, -0.2) is 0 Å². The summed E-state index contributed by atoms with van der Waals surface area (Å²) in [5, 5.41) is 3.16. The Balaban J connectivity index is 2.12. The van der Waals surface area contributed by atoms with Crippen LogP contribution in [-0.4, -0.2) is 20.9 Å².